The molecule has 1 aromatic heterocycles. The van der Waals surface area contributed by atoms with Crippen LogP contribution in [0.5, 0.6) is 0 Å². The van der Waals surface area contributed by atoms with Gasteiger partial charge in [-0.05, 0) is 29.2 Å². The first-order chi connectivity index (χ1) is 24.7. The SMILES string of the molecule is C=CCN(C(=O)OCc1ccccc1)c1cnc2n(c1=O)[C@@H](C(=O)NCc1ccc(C=NNC(=O)OCc3ccccc3)cc1)C[C@]2(C)NC=O. The minimum Gasteiger partial charge on any atom is -0.444 e. The highest BCUT2D eigenvalue weighted by Gasteiger charge is 2.46. The maximum Gasteiger partial charge on any atom is 0.428 e. The second kappa shape index (κ2) is 16.7. The summed E-state index contributed by atoms with van der Waals surface area (Å²) in [5.74, 6) is -0.319. The number of rotatable bonds is 14. The number of nitrogens with zero attached hydrogens (tertiary/aromatic N) is 4. The molecule has 14 heteroatoms. The van der Waals surface area contributed by atoms with Gasteiger partial charge in [0.1, 0.15) is 30.8 Å². The summed E-state index contributed by atoms with van der Waals surface area (Å²) in [5, 5.41) is 9.46. The van der Waals surface area contributed by atoms with Crippen LogP contribution >= 0.6 is 0 Å². The highest BCUT2D eigenvalue weighted by molar-refractivity contribution is 5.88. The van der Waals surface area contributed by atoms with Gasteiger partial charge in [-0.15, -0.1) is 6.58 Å². The molecule has 1 aliphatic heterocycles. The standard InChI is InChI=1S/C37H37N7O7/c1-3-18-43(36(49)51-24-29-12-8-5-9-13-29)31-22-39-34-37(2,40-25-45)19-30(44(34)33(31)47)32(46)38-20-26-14-16-27(17-15-26)21-41-42-35(48)50-23-28-10-6-4-7-11-28/h3-17,21-22,25,30H,1,18-20,23-24H2,2H3,(H,38,46)(H,40,45)(H,42,48)/t30-,37+/m1/s1. The lowest BCUT2D eigenvalue weighted by molar-refractivity contribution is -0.125. The van der Waals surface area contributed by atoms with E-state index in [0.717, 1.165) is 21.6 Å². The van der Waals surface area contributed by atoms with Crippen molar-refractivity contribution in [3.63, 3.8) is 0 Å². The summed E-state index contributed by atoms with van der Waals surface area (Å²) in [5.41, 5.74) is 3.45. The van der Waals surface area contributed by atoms with E-state index in [1.54, 1.807) is 43.3 Å². The number of ether oxygens (including phenoxy) is 2. The van der Waals surface area contributed by atoms with Crippen LogP contribution in [0.3, 0.4) is 0 Å². The van der Waals surface area contributed by atoms with Crippen molar-refractivity contribution in [2.24, 2.45) is 5.10 Å². The molecule has 0 fully saturated rings. The number of benzene rings is 3. The summed E-state index contributed by atoms with van der Waals surface area (Å²) < 4.78 is 11.8. The molecule has 4 aromatic rings. The van der Waals surface area contributed by atoms with Gasteiger partial charge in [-0.3, -0.25) is 23.9 Å². The van der Waals surface area contributed by atoms with Gasteiger partial charge >= 0.3 is 12.2 Å². The Morgan fingerprint density at radius 3 is 2.25 bits per heavy atom. The van der Waals surface area contributed by atoms with E-state index in [4.69, 9.17) is 9.47 Å². The van der Waals surface area contributed by atoms with Gasteiger partial charge in [0.15, 0.2) is 0 Å². The zero-order valence-electron chi connectivity index (χ0n) is 27.9. The van der Waals surface area contributed by atoms with E-state index >= 15 is 0 Å². The van der Waals surface area contributed by atoms with Gasteiger partial charge in [-0.2, -0.15) is 5.10 Å². The average Bonchev–Trinajstić information content (AvgIpc) is 3.45. The summed E-state index contributed by atoms with van der Waals surface area (Å²) in [6, 6.07) is 24.3. The fraction of sp³-hybridized carbons (Fsp3) is 0.216. The highest BCUT2D eigenvalue weighted by Crippen LogP contribution is 2.37. The van der Waals surface area contributed by atoms with Crippen LogP contribution in [0, 0.1) is 0 Å². The summed E-state index contributed by atoms with van der Waals surface area (Å²) in [6.07, 6.45) is 3.17. The summed E-state index contributed by atoms with van der Waals surface area (Å²) in [6.45, 7) is 5.53. The lowest BCUT2D eigenvalue weighted by atomic mass is 9.96. The molecule has 0 unspecified atom stereocenters. The molecule has 0 saturated carbocycles. The molecule has 1 aliphatic rings. The Balaban J connectivity index is 1.25. The van der Waals surface area contributed by atoms with E-state index in [2.05, 4.69) is 32.7 Å². The monoisotopic (exact) mass is 691 g/mol. The number of amides is 4. The van der Waals surface area contributed by atoms with E-state index in [1.807, 2.05) is 48.5 Å². The van der Waals surface area contributed by atoms with E-state index in [9.17, 15) is 24.0 Å². The highest BCUT2D eigenvalue weighted by atomic mass is 16.6. The maximum absolute atomic E-state index is 14.0. The van der Waals surface area contributed by atoms with E-state index in [0.29, 0.717) is 12.0 Å². The van der Waals surface area contributed by atoms with E-state index in [1.165, 1.54) is 23.1 Å². The Morgan fingerprint density at radius 1 is 0.980 bits per heavy atom. The van der Waals surface area contributed by atoms with Crippen LogP contribution in [0.2, 0.25) is 0 Å². The quantitative estimate of drug-likeness (QED) is 0.0769. The molecule has 262 valence electrons. The smallest absolute Gasteiger partial charge is 0.428 e. The number of hydrogen-bond donors (Lipinski definition) is 3. The van der Waals surface area contributed by atoms with Crippen LogP contribution in [-0.4, -0.2) is 46.8 Å². The topological polar surface area (TPSA) is 173 Å². The Bertz CT molecular complexity index is 1950. The van der Waals surface area contributed by atoms with Gasteiger partial charge in [0.25, 0.3) is 5.56 Å². The first kappa shape index (κ1) is 35.7. The molecule has 0 aliphatic carbocycles. The predicted molar refractivity (Wildman–Crippen MR) is 189 cm³/mol. The third kappa shape index (κ3) is 8.92. The molecule has 0 radical (unpaired) electrons. The van der Waals surface area contributed by atoms with Crippen LogP contribution in [0.1, 0.15) is 47.5 Å². The summed E-state index contributed by atoms with van der Waals surface area (Å²) >= 11 is 0. The van der Waals surface area contributed by atoms with E-state index < -0.39 is 35.2 Å². The normalized spacial score (nSPS) is 16.1. The van der Waals surface area contributed by atoms with Gasteiger partial charge in [-0.25, -0.2) is 20.0 Å². The lowest BCUT2D eigenvalue weighted by Gasteiger charge is -2.23. The Labute approximate surface area is 293 Å². The van der Waals surface area contributed by atoms with Crippen molar-refractivity contribution in [1.29, 1.82) is 0 Å². The molecular formula is C37H37N7O7. The van der Waals surface area contributed by atoms with Gasteiger partial charge < -0.3 is 20.1 Å². The first-order valence-electron chi connectivity index (χ1n) is 16.0. The second-order valence-electron chi connectivity index (χ2n) is 11.8. The van der Waals surface area contributed by atoms with Crippen LogP contribution in [0.4, 0.5) is 15.3 Å². The molecule has 14 nitrogen and oxygen atoms in total. The second-order valence-corrected chi connectivity index (χ2v) is 11.8. The Morgan fingerprint density at radius 2 is 1.63 bits per heavy atom. The molecular weight excluding hydrogens is 654 g/mol. The molecule has 0 saturated heterocycles. The van der Waals surface area contributed by atoms with Crippen molar-refractivity contribution in [1.82, 2.24) is 25.6 Å². The zero-order chi connectivity index (χ0) is 36.2. The Hall–Kier alpha value is -6.57. The maximum atomic E-state index is 14.0. The van der Waals surface area contributed by atoms with Crippen LogP contribution in [-0.2, 0) is 44.4 Å². The number of anilines is 1. The van der Waals surface area contributed by atoms with Crippen molar-refractivity contribution in [2.75, 3.05) is 11.4 Å². The number of hydrazone groups is 1. The molecule has 0 bridgehead atoms. The summed E-state index contributed by atoms with van der Waals surface area (Å²) in [4.78, 5) is 69.8. The number of fused-ring (bicyclic) bond motifs is 1. The third-order valence-electron chi connectivity index (χ3n) is 8.12. The van der Waals surface area contributed by atoms with Crippen LogP contribution < -0.4 is 26.5 Å². The van der Waals surface area contributed by atoms with Crippen molar-refractivity contribution in [2.45, 2.75) is 44.7 Å². The molecule has 3 N–H and O–H groups in total. The molecule has 51 heavy (non-hydrogen) atoms. The minimum absolute atomic E-state index is 0.0200. The fourth-order valence-electron chi connectivity index (χ4n) is 5.52. The largest absolute Gasteiger partial charge is 0.444 e. The predicted octanol–water partition coefficient (Wildman–Crippen LogP) is 4.06. The van der Waals surface area contributed by atoms with Crippen LogP contribution in [0.15, 0.2) is 114 Å². The lowest BCUT2D eigenvalue weighted by Crippen LogP contribution is -2.41. The summed E-state index contributed by atoms with van der Waals surface area (Å²) in [7, 11) is 0. The number of carbonyl (C=O) groups excluding carboxylic acids is 4. The first-order valence-corrected chi connectivity index (χ1v) is 16.0. The average molecular weight is 692 g/mol. The molecule has 5 rings (SSSR count). The molecule has 4 amide bonds. The third-order valence-corrected chi connectivity index (χ3v) is 8.12. The number of aromatic nitrogens is 2. The minimum atomic E-state index is -1.14. The van der Waals surface area contributed by atoms with Gasteiger partial charge in [0, 0.05) is 19.5 Å². The van der Waals surface area contributed by atoms with Gasteiger partial charge in [0.05, 0.1) is 18.0 Å². The number of hydrogen-bond acceptors (Lipinski definition) is 9. The number of carbonyl (C=O) groups is 4. The molecule has 3 aromatic carbocycles. The van der Waals surface area contributed by atoms with Gasteiger partial charge in [-0.1, -0.05) is 91.0 Å². The van der Waals surface area contributed by atoms with Crippen molar-refractivity contribution < 1.29 is 28.7 Å². The van der Waals surface area contributed by atoms with Crippen LogP contribution in [0.25, 0.3) is 0 Å². The van der Waals surface area contributed by atoms with Crippen molar-refractivity contribution >= 4 is 36.4 Å². The van der Waals surface area contributed by atoms with Crippen molar-refractivity contribution in [3.8, 4) is 0 Å². The molecule has 0 spiro atoms. The van der Waals surface area contributed by atoms with Gasteiger partial charge in [0.2, 0.25) is 12.3 Å². The molecule has 2 atom stereocenters. The Kier molecular flexibility index (Phi) is 11.7. The number of nitrogens with one attached hydrogen (secondary N) is 3. The van der Waals surface area contributed by atoms with Crippen molar-refractivity contribution in [3.05, 3.63) is 142 Å². The fourth-order valence-corrected chi connectivity index (χ4v) is 5.52. The van der Waals surface area contributed by atoms with E-state index in [-0.39, 0.29) is 44.2 Å². The molecule has 2 heterocycles. The zero-order valence-corrected chi connectivity index (χ0v) is 27.9.